The van der Waals surface area contributed by atoms with Gasteiger partial charge in [0.1, 0.15) is 89.5 Å². The van der Waals surface area contributed by atoms with Gasteiger partial charge < -0.3 is 123 Å². The van der Waals surface area contributed by atoms with Crippen LogP contribution in [0.5, 0.6) is 0 Å². The Bertz CT molecular complexity index is 6770. The van der Waals surface area contributed by atoms with E-state index >= 15 is 22.0 Å². The van der Waals surface area contributed by atoms with Gasteiger partial charge >= 0.3 is 40.4 Å². The molecule has 21 rings (SSSR count). The second kappa shape index (κ2) is 36.7. The predicted molar refractivity (Wildman–Crippen MR) is 477 cm³/mol. The fraction of sp³-hybridized carbons (Fsp3) is 0.462. The summed E-state index contributed by atoms with van der Waals surface area (Å²) in [7, 11) is 0. The van der Waals surface area contributed by atoms with Crippen molar-refractivity contribution in [1.29, 1.82) is 0 Å². The van der Waals surface area contributed by atoms with Crippen molar-refractivity contribution in [3.63, 3.8) is 0 Å². The number of anilines is 5. The zero-order valence-corrected chi connectivity index (χ0v) is 77.9. The number of aromatic amines is 3. The molecule has 133 heavy (non-hydrogen) atoms. The molecule has 29 atom stereocenters. The Morgan fingerprint density at radius 1 is 0.436 bits per heavy atom. The highest BCUT2D eigenvalue weighted by Gasteiger charge is 2.58. The molecule has 0 aromatic carbocycles. The number of alkyl halides is 5. The third-order valence-electron chi connectivity index (χ3n) is 22.2. The lowest BCUT2D eigenvalue weighted by molar-refractivity contribution is -0.0621. The topological polar surface area (TPSA) is 662 Å². The number of aromatic nitrogens is 19. The van der Waals surface area contributed by atoms with Gasteiger partial charge in [-0.25, -0.2) is 55.8 Å². The maximum absolute atomic E-state index is 16.1. The highest BCUT2D eigenvalue weighted by molar-refractivity contribution is 8.44. The van der Waals surface area contributed by atoms with Crippen molar-refractivity contribution in [3.8, 4) is 0 Å². The largest absolute Gasteiger partial charge is 0.398 e. The van der Waals surface area contributed by atoms with E-state index in [9.17, 15) is 43.4 Å². The lowest BCUT2D eigenvalue weighted by atomic mass is 10.1. The molecule has 0 radical (unpaired) electrons. The molecule has 9 fully saturated rings. The summed E-state index contributed by atoms with van der Waals surface area (Å²) in [4.78, 5) is 124. The number of pyridine rings is 4. The highest BCUT2D eigenvalue weighted by Crippen LogP contribution is 2.62. The number of H-pyrrole nitrogens is 3. The molecular formula is C65H71F5N24O26P6S7. The summed E-state index contributed by atoms with van der Waals surface area (Å²) in [6.45, 7) is -28.7. The number of nitrogens with two attached hydrogens (primary N) is 5. The molecule has 0 saturated carbocycles. The van der Waals surface area contributed by atoms with Crippen LogP contribution in [0.1, 0.15) is 42.9 Å². The SMILES string of the molecule is Nc1ccnc2c1ccn2[C@@H]1O[C@@H]2COP(O)(=S)O[C@@H]3C[C@@H](COP(=O)(S)O[C@H]2[C@@H]1F)O[C@H]3n1nnc2c(=O)[nH]ccc21.Nc1nc2c(ncn2[C@@H]2O[C@@H]3COP(O)(=S)O[C@H]4[C@H](F)[C@H](n5ccc6c(N)ccnc65)O[C@@H]4COP(O)(=S)O[C@@H]2[C@@H]3F)c(=O)[nH]1.Nc1nc2c(nnn2[C@@H]2S[C@@H]3COP(O)(=S)O[C@H]4[C@H](F)[C@H](n5ccc6c(N)ccnc65)O[C@@H]4COP(O)(=S)O[C@@H]2[C@@H]3F)c(=O)[nH]1. The Kier molecular flexibility index (Phi) is 26.2. The van der Waals surface area contributed by atoms with Crippen molar-refractivity contribution in [1.82, 2.24) is 93.1 Å². The maximum atomic E-state index is 16.1. The van der Waals surface area contributed by atoms with Crippen molar-refractivity contribution < 1.29 is 129 Å². The Balaban J connectivity index is 0.000000129. The van der Waals surface area contributed by atoms with E-state index in [0.29, 0.717) is 55.7 Å². The fourth-order valence-electron chi connectivity index (χ4n) is 16.2. The monoisotopic (exact) mass is 2110 g/mol. The van der Waals surface area contributed by atoms with E-state index in [1.54, 1.807) is 48.7 Å². The van der Waals surface area contributed by atoms with Crippen LogP contribution in [0.2, 0.25) is 0 Å². The van der Waals surface area contributed by atoms with Crippen LogP contribution in [0.3, 0.4) is 0 Å². The Labute approximate surface area is 773 Å². The standard InChI is InChI=1S/C22H24F2N8O9P2S2.C22H24FN7O9P2S2.C21H23F2N9O8P2S3/c23-12-10-5-36-42(34,44)40-15-11(39-20(13(15)24)31-4-2-8-9(25)1-3-27-17(8)31)6-37-43(35,45)41-16(12)21(38-10)32-7-28-14-18(32)29-22(26)30-19(14)33;23-16-18-15(37-22(16)29-6-3-11-12(24)1-4-25-19(11)29)9-35-40(32,42)38-14-7-10(8-34-41(33,43)39-18)36-21(14)30-13-2-5-26-20(31)17(13)27-28-30;22-11-10-6-37-42(35,44)39-14-9(38-19(12(14)23)31-4-2-7-8(24)1-3-26-16(7)31)5-36-41(34,43)40-15(11)20(45-10)32-17-13(29-30-32)18(33)28-21(25)27-17/h1-4,7,10-13,15-16,20-21H,5-6H2,(H2,25,27)(H,34,44)(H,35,45)(H3,26,29,30,33);1-6,10,14-16,18,21-22H,7-9H2,(H2,24,25)(H,26,31)(H,32,42)(H,33,43);1-4,9-12,14-15,19-20H,5-6H2,(H2,24,26)(H,34,43)(H,35,44)(H3,25,27,28,33)/t10-,11-,12-,13+,15-,16-,20-,21-,42?,43?;10-,14+,15+,16-,18+,21+,22+,40?,41?;9-,10-,11-,12+,14-,15-,19-,20-,41?,42?/m101/s1. The van der Waals surface area contributed by atoms with Gasteiger partial charge in [0.25, 0.3) is 16.7 Å². The molecular weight excluding hydrogens is 2040 g/mol. The second-order valence-electron chi connectivity index (χ2n) is 30.6. The zero-order chi connectivity index (χ0) is 93.8. The van der Waals surface area contributed by atoms with Crippen molar-refractivity contribution in [2.24, 2.45) is 0 Å². The average Bonchev–Trinajstić information content (AvgIpc) is 1.63. The van der Waals surface area contributed by atoms with Gasteiger partial charge in [0.15, 0.2) is 83.7 Å². The number of ether oxygens (including phenoxy) is 5. The van der Waals surface area contributed by atoms with Crippen molar-refractivity contribution in [2.45, 2.75) is 146 Å². The van der Waals surface area contributed by atoms with Crippen LogP contribution >= 0.6 is 64.4 Å². The summed E-state index contributed by atoms with van der Waals surface area (Å²) in [6.07, 6.45) is -19.6. The van der Waals surface area contributed by atoms with E-state index < -0.39 is 230 Å². The van der Waals surface area contributed by atoms with Crippen LogP contribution in [0.15, 0.2) is 107 Å². The molecule has 0 aliphatic carbocycles. The normalized spacial score (nSPS) is 37.5. The average molecular weight is 2110 g/mol. The molecule has 12 aromatic rings. The lowest BCUT2D eigenvalue weighted by Gasteiger charge is -2.27. The van der Waals surface area contributed by atoms with Crippen molar-refractivity contribution in [2.75, 3.05) is 68.3 Å². The van der Waals surface area contributed by atoms with Gasteiger partial charge in [-0.1, -0.05) is 22.7 Å². The number of thioether (sulfide) groups is 1. The van der Waals surface area contributed by atoms with Gasteiger partial charge in [-0.3, -0.25) is 56.1 Å². The number of nitrogens with zero attached hydrogens (tertiary/aromatic N) is 16. The summed E-state index contributed by atoms with van der Waals surface area (Å²) in [5, 5.41) is 15.1. The maximum Gasteiger partial charge on any atom is 0.386 e. The van der Waals surface area contributed by atoms with Crippen LogP contribution in [-0.4, -0.2) is 260 Å². The van der Waals surface area contributed by atoms with Crippen LogP contribution in [0, 0.1) is 0 Å². The lowest BCUT2D eigenvalue weighted by Crippen LogP contribution is -2.34. The minimum Gasteiger partial charge on any atom is -0.398 e. The number of nitrogen functional groups attached to an aromatic ring is 5. The fourth-order valence-corrected chi connectivity index (χ4v) is 26.5. The van der Waals surface area contributed by atoms with E-state index in [2.05, 4.69) is 77.7 Å². The molecule has 18 N–H and O–H groups in total. The van der Waals surface area contributed by atoms with Crippen LogP contribution in [-0.2, 0) is 142 Å². The number of rotatable bonds is 6. The van der Waals surface area contributed by atoms with E-state index in [0.717, 1.165) is 22.8 Å². The number of nitrogens with one attached hydrogen (secondary N) is 3. The van der Waals surface area contributed by atoms with E-state index in [4.69, 9.17) is 166 Å². The quantitative estimate of drug-likeness (QED) is 0.0616. The highest BCUT2D eigenvalue weighted by atomic mass is 32.7. The first-order chi connectivity index (χ1) is 63.1. The molecule has 9 aliphatic rings. The Morgan fingerprint density at radius 2 is 0.880 bits per heavy atom. The zero-order valence-electron chi connectivity index (χ0n) is 66.7. The van der Waals surface area contributed by atoms with Crippen molar-refractivity contribution >= 4 is 219 Å². The number of halogens is 5. The van der Waals surface area contributed by atoms with E-state index in [1.807, 2.05) is 0 Å². The molecule has 12 aromatic heterocycles. The van der Waals surface area contributed by atoms with Gasteiger partial charge in [0, 0.05) is 83.0 Å². The molecule has 0 amide bonds. The molecule has 9 saturated heterocycles. The second-order valence-corrected chi connectivity index (χ2v) is 48.8. The number of thiol groups is 1. The van der Waals surface area contributed by atoms with E-state index in [1.165, 1.54) is 60.1 Å². The summed E-state index contributed by atoms with van der Waals surface area (Å²) < 4.78 is 198. The third-order valence-corrected chi connectivity index (χ3v) is 33.1. The van der Waals surface area contributed by atoms with Crippen molar-refractivity contribution in [3.05, 3.63) is 123 Å². The number of imidazole rings is 1. The first-order valence-electron chi connectivity index (χ1n) is 39.1. The molecule has 714 valence electrons. The summed E-state index contributed by atoms with van der Waals surface area (Å²) in [5.74, 6) is -0.494. The molecule has 68 heteroatoms. The smallest absolute Gasteiger partial charge is 0.386 e. The molecule has 9 aliphatic heterocycles. The minimum absolute atomic E-state index is 0.0556. The molecule has 21 heterocycles. The molecule has 50 nitrogen and oxygen atoms in total. The first kappa shape index (κ1) is 94.9. The molecule has 0 spiro atoms. The molecule has 6 unspecified atom stereocenters. The van der Waals surface area contributed by atoms with Gasteiger partial charge in [0.05, 0.1) is 62.8 Å². The number of hydrogen-bond donors (Lipinski definition) is 14. The van der Waals surface area contributed by atoms with Crippen LogP contribution in [0.4, 0.5) is 50.9 Å². The van der Waals surface area contributed by atoms with Crippen LogP contribution in [0.25, 0.3) is 66.5 Å². The first-order valence-corrected chi connectivity index (χ1v) is 55.7. The van der Waals surface area contributed by atoms with E-state index in [-0.39, 0.29) is 52.8 Å². The predicted octanol–water partition coefficient (Wildman–Crippen LogP) is 4.57. The number of fused-ring (bicyclic) bond motifs is 15. The summed E-state index contributed by atoms with van der Waals surface area (Å²) in [6, 6.07) is 11.3. The summed E-state index contributed by atoms with van der Waals surface area (Å²) in [5.41, 5.74) is 29.8. The van der Waals surface area contributed by atoms with Gasteiger partial charge in [-0.15, -0.1) is 22.0 Å². The summed E-state index contributed by atoms with van der Waals surface area (Å²) >= 11 is 31.0. The van der Waals surface area contributed by atoms with Gasteiger partial charge in [-0.05, 0) is 101 Å². The Morgan fingerprint density at radius 3 is 1.41 bits per heavy atom. The van der Waals surface area contributed by atoms with Gasteiger partial charge in [0.2, 0.25) is 11.9 Å². The minimum atomic E-state index is -4.33. The van der Waals surface area contributed by atoms with Crippen LogP contribution < -0.4 is 45.3 Å². The third kappa shape index (κ3) is 18.8. The van der Waals surface area contributed by atoms with Gasteiger partial charge in [-0.2, -0.15) is 9.97 Å². The Hall–Kier alpha value is -7.00. The number of hydrogen-bond acceptors (Lipinski definition) is 42. The molecule has 6 bridgehead atoms.